The number of hydrogen-bond donors (Lipinski definition) is 2. The first-order chi connectivity index (χ1) is 18.0. The highest BCUT2D eigenvalue weighted by Crippen LogP contribution is 2.33. The zero-order chi connectivity index (χ0) is 29.5. The molecular weight excluding hydrogens is 563 g/mol. The van der Waals surface area contributed by atoms with Crippen LogP contribution in [-0.2, 0) is 29.2 Å². The molecule has 0 bridgehead atoms. The van der Waals surface area contributed by atoms with Gasteiger partial charge in [-0.05, 0) is 47.0 Å². The summed E-state index contributed by atoms with van der Waals surface area (Å²) >= 11 is 1.83. The maximum atomic E-state index is 13.2. The van der Waals surface area contributed by atoms with Gasteiger partial charge in [-0.15, -0.1) is 6.42 Å². The smallest absolute Gasteiger partial charge is 0.315 e. The molecule has 2 N–H and O–H groups in total. The van der Waals surface area contributed by atoms with Crippen molar-refractivity contribution in [3.63, 3.8) is 0 Å². The summed E-state index contributed by atoms with van der Waals surface area (Å²) in [6.07, 6.45) is 8.26. The number of urea groups is 1. The van der Waals surface area contributed by atoms with E-state index in [0.717, 1.165) is 24.0 Å². The topological polar surface area (TPSA) is 139 Å². The summed E-state index contributed by atoms with van der Waals surface area (Å²) in [5.74, 6) is 2.73. The van der Waals surface area contributed by atoms with Crippen LogP contribution < -0.4 is 10.6 Å². The first-order valence-corrected chi connectivity index (χ1v) is 17.6. The fraction of sp³-hybridized carbons (Fsp3) is 0.769. The number of carbonyl (C=O) groups is 2. The van der Waals surface area contributed by atoms with Gasteiger partial charge in [-0.25, -0.2) is 21.6 Å². The molecule has 0 aromatic carbocycles. The SMILES string of the molecule is C#CCN(CCS(=O)(=O)C(C)(C)COC(C)(C)CCS(=O)(=O)C=C)C(=O)CCCCC1SCC2NC(=O)NC21. The lowest BCUT2D eigenvalue weighted by Crippen LogP contribution is -2.45. The van der Waals surface area contributed by atoms with Gasteiger partial charge in [0.25, 0.3) is 0 Å². The van der Waals surface area contributed by atoms with Crippen molar-refractivity contribution in [1.29, 1.82) is 0 Å². The Hall–Kier alpha value is -1.75. The number of sulfone groups is 2. The first kappa shape index (κ1) is 33.5. The number of hydrogen-bond acceptors (Lipinski definition) is 8. The Morgan fingerprint density at radius 1 is 1.21 bits per heavy atom. The van der Waals surface area contributed by atoms with E-state index in [1.54, 1.807) is 27.7 Å². The van der Waals surface area contributed by atoms with E-state index in [1.807, 2.05) is 11.8 Å². The largest absolute Gasteiger partial charge is 0.374 e. The van der Waals surface area contributed by atoms with Crippen molar-refractivity contribution < 1.29 is 31.2 Å². The van der Waals surface area contributed by atoms with Crippen LogP contribution in [0.1, 0.15) is 59.8 Å². The van der Waals surface area contributed by atoms with E-state index in [0.29, 0.717) is 11.7 Å². The Morgan fingerprint density at radius 2 is 1.90 bits per heavy atom. The molecule has 3 unspecified atom stereocenters. The maximum absolute atomic E-state index is 13.2. The van der Waals surface area contributed by atoms with Crippen molar-refractivity contribution in [3.8, 4) is 12.3 Å². The summed E-state index contributed by atoms with van der Waals surface area (Å²) in [5.41, 5.74) is -0.855. The fourth-order valence-electron chi connectivity index (χ4n) is 4.33. The molecule has 0 aromatic heterocycles. The molecule has 10 nitrogen and oxygen atoms in total. The average Bonchev–Trinajstić information content (AvgIpc) is 3.41. The molecule has 2 aliphatic heterocycles. The number of rotatable bonds is 17. The molecule has 2 saturated heterocycles. The van der Waals surface area contributed by atoms with E-state index >= 15 is 0 Å². The van der Waals surface area contributed by atoms with E-state index < -0.39 is 30.0 Å². The van der Waals surface area contributed by atoms with Crippen LogP contribution >= 0.6 is 11.8 Å². The lowest BCUT2D eigenvalue weighted by Gasteiger charge is -2.32. The highest BCUT2D eigenvalue weighted by atomic mass is 32.2. The van der Waals surface area contributed by atoms with E-state index in [9.17, 15) is 26.4 Å². The lowest BCUT2D eigenvalue weighted by molar-refractivity contribution is -0.130. The van der Waals surface area contributed by atoms with E-state index in [1.165, 1.54) is 4.90 Å². The van der Waals surface area contributed by atoms with Crippen LogP contribution in [0.3, 0.4) is 0 Å². The summed E-state index contributed by atoms with van der Waals surface area (Å²) in [5, 5.41) is 7.10. The molecule has 0 aliphatic carbocycles. The predicted octanol–water partition coefficient (Wildman–Crippen LogP) is 2.11. The fourth-order valence-corrected chi connectivity index (χ4v) is 8.07. The second kappa shape index (κ2) is 13.7. The van der Waals surface area contributed by atoms with Gasteiger partial charge >= 0.3 is 6.03 Å². The number of nitrogens with zero attached hydrogens (tertiary/aromatic N) is 1. The van der Waals surface area contributed by atoms with Crippen LogP contribution in [0.15, 0.2) is 12.0 Å². The van der Waals surface area contributed by atoms with Gasteiger partial charge in [0.1, 0.15) is 0 Å². The first-order valence-electron chi connectivity index (χ1n) is 13.1. The summed E-state index contributed by atoms with van der Waals surface area (Å²) < 4.78 is 54.4. The average molecular weight is 606 g/mol. The van der Waals surface area contributed by atoms with Crippen LogP contribution in [-0.4, -0.2) is 98.3 Å². The quantitative estimate of drug-likeness (QED) is 0.146. The summed E-state index contributed by atoms with van der Waals surface area (Å²) in [7, 11) is -7.08. The molecule has 222 valence electrons. The Kier molecular flexibility index (Phi) is 11.8. The van der Waals surface area contributed by atoms with Gasteiger partial charge in [-0.3, -0.25) is 4.79 Å². The van der Waals surface area contributed by atoms with Gasteiger partial charge < -0.3 is 20.3 Å². The number of fused-ring (bicyclic) bond motifs is 1. The summed E-state index contributed by atoms with van der Waals surface area (Å²) in [6.45, 7) is 9.71. The predicted molar refractivity (Wildman–Crippen MR) is 156 cm³/mol. The van der Waals surface area contributed by atoms with Gasteiger partial charge in [-0.1, -0.05) is 18.9 Å². The monoisotopic (exact) mass is 605 g/mol. The van der Waals surface area contributed by atoms with Crippen LogP contribution in [0.4, 0.5) is 4.79 Å². The van der Waals surface area contributed by atoms with Gasteiger partial charge in [-0.2, -0.15) is 11.8 Å². The minimum Gasteiger partial charge on any atom is -0.374 e. The summed E-state index contributed by atoms with van der Waals surface area (Å²) in [6, 6.07) is 0.165. The molecule has 3 amide bonds. The van der Waals surface area contributed by atoms with Crippen LogP contribution in [0, 0.1) is 12.3 Å². The van der Waals surface area contributed by atoms with Crippen molar-refractivity contribution in [2.45, 2.75) is 87.5 Å². The van der Waals surface area contributed by atoms with Gasteiger partial charge in [0, 0.05) is 29.4 Å². The van der Waals surface area contributed by atoms with Crippen LogP contribution in [0.2, 0.25) is 0 Å². The summed E-state index contributed by atoms with van der Waals surface area (Å²) in [4.78, 5) is 25.8. The number of unbranched alkanes of at least 4 members (excludes halogenated alkanes) is 1. The second-order valence-corrected chi connectivity index (χ2v) is 17.4. The molecule has 2 fully saturated rings. The molecule has 0 spiro atoms. The maximum Gasteiger partial charge on any atom is 0.315 e. The Labute approximate surface area is 238 Å². The van der Waals surface area contributed by atoms with Crippen molar-refractivity contribution in [2.24, 2.45) is 0 Å². The normalized spacial score (nSPS) is 21.5. The van der Waals surface area contributed by atoms with Gasteiger partial charge in [0.05, 0.1) is 47.1 Å². The van der Waals surface area contributed by atoms with E-state index in [4.69, 9.17) is 11.2 Å². The zero-order valence-corrected chi connectivity index (χ0v) is 25.9. The Bertz CT molecular complexity index is 1140. The van der Waals surface area contributed by atoms with Crippen molar-refractivity contribution in [1.82, 2.24) is 15.5 Å². The van der Waals surface area contributed by atoms with Gasteiger partial charge in [0.15, 0.2) is 19.7 Å². The number of ether oxygens (including phenoxy) is 1. The molecule has 0 saturated carbocycles. The highest BCUT2D eigenvalue weighted by molar-refractivity contribution is 8.00. The molecule has 2 rings (SSSR count). The number of terminal acetylenes is 1. The lowest BCUT2D eigenvalue weighted by atomic mass is 10.0. The number of carbonyl (C=O) groups excluding carboxylic acids is 2. The van der Waals surface area contributed by atoms with E-state index in [2.05, 4.69) is 23.1 Å². The third-order valence-corrected chi connectivity index (χ3v) is 12.5. The molecule has 0 aromatic rings. The third kappa shape index (κ3) is 9.99. The van der Waals surface area contributed by atoms with Crippen LogP contribution in [0.5, 0.6) is 0 Å². The molecule has 2 heterocycles. The second-order valence-electron chi connectivity index (χ2n) is 11.3. The molecule has 39 heavy (non-hydrogen) atoms. The molecular formula is C26H43N3O7S3. The van der Waals surface area contributed by atoms with Crippen molar-refractivity contribution in [3.05, 3.63) is 12.0 Å². The molecule has 3 atom stereocenters. The number of amides is 3. The molecule has 2 aliphatic rings. The third-order valence-electron chi connectivity index (χ3n) is 7.23. The standard InChI is InChI=1S/C26H43N3O7S3/c1-7-14-29(22(30)12-10-9-11-21-23-20(18-37-21)27-24(31)28-23)15-17-39(34,35)26(5,6)19-36-25(3,4)13-16-38(32,33)8-2/h1,8,20-21,23H,2,9-19H2,3-6H3,(H2,27,28,31). The highest BCUT2D eigenvalue weighted by Gasteiger charge is 2.42. The minimum atomic E-state index is -3.69. The van der Waals surface area contributed by atoms with Crippen LogP contribution in [0.25, 0.3) is 0 Å². The van der Waals surface area contributed by atoms with Gasteiger partial charge in [0.2, 0.25) is 5.91 Å². The minimum absolute atomic E-state index is 0.0182. The van der Waals surface area contributed by atoms with Crippen molar-refractivity contribution in [2.75, 3.05) is 37.0 Å². The zero-order valence-electron chi connectivity index (χ0n) is 23.4. The Morgan fingerprint density at radius 3 is 2.54 bits per heavy atom. The number of nitrogens with one attached hydrogen (secondary N) is 2. The Balaban J connectivity index is 1.82. The number of thioether (sulfide) groups is 1. The van der Waals surface area contributed by atoms with Crippen molar-refractivity contribution >= 4 is 43.4 Å². The molecule has 0 radical (unpaired) electrons. The van der Waals surface area contributed by atoms with E-state index in [-0.39, 0.29) is 68.1 Å². The molecule has 13 heteroatoms.